The van der Waals surface area contributed by atoms with E-state index in [1.807, 2.05) is 6.07 Å². The lowest BCUT2D eigenvalue weighted by molar-refractivity contribution is 0.0517. The van der Waals surface area contributed by atoms with Gasteiger partial charge in [0.1, 0.15) is 0 Å². The third-order valence-corrected chi connectivity index (χ3v) is 3.96. The molecule has 1 aromatic carbocycles. The van der Waals surface area contributed by atoms with Gasteiger partial charge in [0.15, 0.2) is 0 Å². The van der Waals surface area contributed by atoms with Gasteiger partial charge >= 0.3 is 5.97 Å². The van der Waals surface area contributed by atoms with Gasteiger partial charge in [0, 0.05) is 11.7 Å². The molecule has 6 nitrogen and oxygen atoms in total. The minimum Gasteiger partial charge on any atom is -0.461 e. The summed E-state index contributed by atoms with van der Waals surface area (Å²) in [5, 5.41) is 10.5. The summed E-state index contributed by atoms with van der Waals surface area (Å²) < 4.78 is 4.86. The van der Waals surface area contributed by atoms with Gasteiger partial charge in [-0.3, -0.25) is 9.89 Å². The van der Waals surface area contributed by atoms with Crippen molar-refractivity contribution in [3.63, 3.8) is 0 Å². The molecule has 116 valence electrons. The number of hydrogen-bond acceptors (Lipinski definition) is 5. The predicted octanol–water partition coefficient (Wildman–Crippen LogP) is 2.45. The molecule has 1 aromatic heterocycles. The van der Waals surface area contributed by atoms with Crippen LogP contribution < -0.4 is 10.7 Å². The van der Waals surface area contributed by atoms with E-state index >= 15 is 0 Å². The van der Waals surface area contributed by atoms with Crippen molar-refractivity contribution in [3.05, 3.63) is 34.1 Å². The van der Waals surface area contributed by atoms with Crippen LogP contribution in [-0.2, 0) is 4.74 Å². The number of nitrogens with zero attached hydrogens (tertiary/aromatic N) is 1. The van der Waals surface area contributed by atoms with E-state index in [2.05, 4.69) is 15.5 Å². The second-order valence-electron chi connectivity index (χ2n) is 5.51. The van der Waals surface area contributed by atoms with Crippen LogP contribution in [0.5, 0.6) is 0 Å². The minimum atomic E-state index is -0.695. The van der Waals surface area contributed by atoms with Crippen molar-refractivity contribution in [3.8, 4) is 0 Å². The molecule has 2 N–H and O–H groups in total. The van der Waals surface area contributed by atoms with Crippen LogP contribution in [0.3, 0.4) is 0 Å². The summed E-state index contributed by atoms with van der Waals surface area (Å²) in [5.41, 5.74) is 0.899. The topological polar surface area (TPSA) is 84.1 Å². The van der Waals surface area contributed by atoms with Crippen LogP contribution in [0.1, 0.15) is 43.1 Å². The Morgan fingerprint density at radius 3 is 2.91 bits per heavy atom. The normalized spacial score (nSPS) is 15.1. The molecule has 1 saturated carbocycles. The van der Waals surface area contributed by atoms with E-state index in [1.165, 1.54) is 12.8 Å². The summed E-state index contributed by atoms with van der Waals surface area (Å²) in [6, 6.07) is 5.96. The van der Waals surface area contributed by atoms with Crippen molar-refractivity contribution in [2.24, 2.45) is 0 Å². The number of carbonyl (C=O) groups excluding carboxylic acids is 1. The molecule has 0 spiro atoms. The summed E-state index contributed by atoms with van der Waals surface area (Å²) in [4.78, 5) is 24.2. The van der Waals surface area contributed by atoms with Crippen molar-refractivity contribution in [2.75, 3.05) is 11.9 Å². The number of carbonyl (C=O) groups is 1. The first-order valence-corrected chi connectivity index (χ1v) is 7.65. The van der Waals surface area contributed by atoms with Gasteiger partial charge in [-0.1, -0.05) is 12.8 Å². The fraction of sp³-hybridized carbons (Fsp3) is 0.438. The van der Waals surface area contributed by atoms with E-state index in [0.29, 0.717) is 16.9 Å². The van der Waals surface area contributed by atoms with E-state index in [-0.39, 0.29) is 12.3 Å². The molecular formula is C16H19N3O3. The SMILES string of the molecule is CCOC(=O)c1n[nH]c2ccc(NC3CCCC3)cc2c1=O. The zero-order valence-corrected chi connectivity index (χ0v) is 12.5. The molecule has 0 unspecified atom stereocenters. The number of hydrogen-bond donors (Lipinski definition) is 2. The molecule has 22 heavy (non-hydrogen) atoms. The van der Waals surface area contributed by atoms with Crippen molar-refractivity contribution in [1.82, 2.24) is 10.2 Å². The molecule has 2 aromatic rings. The van der Waals surface area contributed by atoms with Gasteiger partial charge in [-0.05, 0) is 38.0 Å². The maximum atomic E-state index is 12.4. The first kappa shape index (κ1) is 14.6. The van der Waals surface area contributed by atoms with E-state index < -0.39 is 11.4 Å². The van der Waals surface area contributed by atoms with Crippen molar-refractivity contribution < 1.29 is 9.53 Å². The number of ether oxygens (including phenoxy) is 1. The first-order chi connectivity index (χ1) is 10.7. The standard InChI is InChI=1S/C16H19N3O3/c1-2-22-16(21)14-15(20)12-9-11(7-8-13(12)18-19-14)17-10-5-3-4-6-10/h7-10,17H,2-6H2,1H3,(H,18,20). The molecule has 1 fully saturated rings. The zero-order valence-electron chi connectivity index (χ0n) is 12.5. The molecule has 0 radical (unpaired) electrons. The van der Waals surface area contributed by atoms with Crippen molar-refractivity contribution in [2.45, 2.75) is 38.6 Å². The van der Waals surface area contributed by atoms with Crippen LogP contribution in [0.4, 0.5) is 5.69 Å². The second kappa shape index (κ2) is 6.17. The lowest BCUT2D eigenvalue weighted by atomic mass is 10.1. The number of anilines is 1. The summed E-state index contributed by atoms with van der Waals surface area (Å²) >= 11 is 0. The number of esters is 1. The summed E-state index contributed by atoms with van der Waals surface area (Å²) in [6.45, 7) is 1.90. The highest BCUT2D eigenvalue weighted by molar-refractivity contribution is 5.92. The van der Waals surface area contributed by atoms with Crippen LogP contribution in [-0.4, -0.2) is 28.8 Å². The van der Waals surface area contributed by atoms with Gasteiger partial charge in [0.05, 0.1) is 17.5 Å². The third-order valence-electron chi connectivity index (χ3n) is 3.96. The molecule has 1 aliphatic rings. The van der Waals surface area contributed by atoms with Crippen molar-refractivity contribution >= 4 is 22.6 Å². The molecule has 0 amide bonds. The molecule has 0 aliphatic heterocycles. The van der Waals surface area contributed by atoms with E-state index in [0.717, 1.165) is 18.5 Å². The zero-order chi connectivity index (χ0) is 15.5. The fourth-order valence-electron chi connectivity index (χ4n) is 2.86. The highest BCUT2D eigenvalue weighted by Gasteiger charge is 2.18. The highest BCUT2D eigenvalue weighted by Crippen LogP contribution is 2.23. The van der Waals surface area contributed by atoms with E-state index in [1.54, 1.807) is 19.1 Å². The number of rotatable bonds is 4. The monoisotopic (exact) mass is 301 g/mol. The van der Waals surface area contributed by atoms with Gasteiger partial charge in [-0.2, -0.15) is 5.10 Å². The molecule has 1 aliphatic carbocycles. The Labute approximate surface area is 127 Å². The average molecular weight is 301 g/mol. The molecule has 0 bridgehead atoms. The Hall–Kier alpha value is -2.37. The minimum absolute atomic E-state index is 0.202. The average Bonchev–Trinajstić information content (AvgIpc) is 3.01. The Morgan fingerprint density at radius 2 is 2.18 bits per heavy atom. The number of H-pyrrole nitrogens is 1. The number of fused-ring (bicyclic) bond motifs is 1. The van der Waals surface area contributed by atoms with Crippen LogP contribution >= 0.6 is 0 Å². The Balaban J connectivity index is 1.96. The third kappa shape index (κ3) is 2.81. The van der Waals surface area contributed by atoms with Crippen LogP contribution in [0.25, 0.3) is 10.9 Å². The molecular weight excluding hydrogens is 282 g/mol. The van der Waals surface area contributed by atoms with Crippen LogP contribution in [0, 0.1) is 0 Å². The maximum Gasteiger partial charge on any atom is 0.362 e. The number of aromatic nitrogens is 2. The van der Waals surface area contributed by atoms with E-state index in [9.17, 15) is 9.59 Å². The Morgan fingerprint density at radius 1 is 1.41 bits per heavy atom. The molecule has 1 heterocycles. The smallest absolute Gasteiger partial charge is 0.362 e. The predicted molar refractivity (Wildman–Crippen MR) is 84.2 cm³/mol. The molecule has 0 saturated heterocycles. The van der Waals surface area contributed by atoms with Gasteiger partial charge < -0.3 is 10.1 Å². The van der Waals surface area contributed by atoms with Crippen molar-refractivity contribution in [1.29, 1.82) is 0 Å². The maximum absolute atomic E-state index is 12.4. The summed E-state index contributed by atoms with van der Waals surface area (Å²) in [5.74, 6) is -0.695. The quantitative estimate of drug-likeness (QED) is 0.847. The number of aromatic amines is 1. The lowest BCUT2D eigenvalue weighted by Crippen LogP contribution is -2.21. The summed E-state index contributed by atoms with van der Waals surface area (Å²) in [6.07, 6.45) is 4.78. The largest absolute Gasteiger partial charge is 0.461 e. The Kier molecular flexibility index (Phi) is 4.09. The Bertz CT molecular complexity index is 748. The van der Waals surface area contributed by atoms with Gasteiger partial charge in [-0.15, -0.1) is 0 Å². The first-order valence-electron chi connectivity index (χ1n) is 7.65. The molecule has 0 atom stereocenters. The number of benzene rings is 1. The van der Waals surface area contributed by atoms with Gasteiger partial charge in [0.25, 0.3) is 0 Å². The summed E-state index contributed by atoms with van der Waals surface area (Å²) in [7, 11) is 0. The van der Waals surface area contributed by atoms with Crippen LogP contribution in [0.15, 0.2) is 23.0 Å². The van der Waals surface area contributed by atoms with Gasteiger partial charge in [0.2, 0.25) is 11.1 Å². The van der Waals surface area contributed by atoms with E-state index in [4.69, 9.17) is 4.74 Å². The highest BCUT2D eigenvalue weighted by atomic mass is 16.5. The lowest BCUT2D eigenvalue weighted by Gasteiger charge is -2.13. The molecule has 6 heteroatoms. The second-order valence-corrected chi connectivity index (χ2v) is 5.51. The van der Waals surface area contributed by atoms with Gasteiger partial charge in [-0.25, -0.2) is 4.79 Å². The van der Waals surface area contributed by atoms with Crippen LogP contribution in [0.2, 0.25) is 0 Å². The fourth-order valence-corrected chi connectivity index (χ4v) is 2.86. The molecule has 3 rings (SSSR count). The number of nitrogens with one attached hydrogen (secondary N) is 2.